The molecule has 1 aliphatic rings. The van der Waals surface area contributed by atoms with Crippen molar-refractivity contribution in [1.29, 1.82) is 0 Å². The van der Waals surface area contributed by atoms with E-state index in [1.807, 2.05) is 31.2 Å². The zero-order valence-corrected chi connectivity index (χ0v) is 25.3. The van der Waals surface area contributed by atoms with Crippen LogP contribution in [0.15, 0.2) is 77.6 Å². The summed E-state index contributed by atoms with van der Waals surface area (Å²) in [4.78, 5) is 25.4. The Kier molecular flexibility index (Phi) is 8.93. The molecular formula is C36H43N3O3. The lowest BCUT2D eigenvalue weighted by Crippen LogP contribution is -2.25. The molecule has 0 radical (unpaired) electrons. The van der Waals surface area contributed by atoms with Gasteiger partial charge in [0.25, 0.3) is 0 Å². The van der Waals surface area contributed by atoms with Crippen LogP contribution in [0.2, 0.25) is 0 Å². The number of ketones is 1. The first-order valence-electron chi connectivity index (χ1n) is 15.3. The van der Waals surface area contributed by atoms with Gasteiger partial charge < -0.3 is 5.11 Å². The van der Waals surface area contributed by atoms with Crippen LogP contribution < -0.4 is 5.69 Å². The van der Waals surface area contributed by atoms with Crippen molar-refractivity contribution in [2.45, 2.75) is 90.8 Å². The normalized spacial score (nSPS) is 14.2. The molecule has 220 valence electrons. The highest BCUT2D eigenvalue weighted by molar-refractivity contribution is 5.85. The van der Waals surface area contributed by atoms with Crippen molar-refractivity contribution < 1.29 is 9.90 Å². The van der Waals surface area contributed by atoms with Crippen molar-refractivity contribution in [3.8, 4) is 11.1 Å². The summed E-state index contributed by atoms with van der Waals surface area (Å²) in [5.41, 5.74) is 6.30. The number of Topliss-reactive ketones (excluding diaryl/α,β-unsaturated/α-hetero) is 1. The zero-order valence-electron chi connectivity index (χ0n) is 25.3. The van der Waals surface area contributed by atoms with E-state index in [4.69, 9.17) is 5.10 Å². The average molecular weight is 566 g/mol. The van der Waals surface area contributed by atoms with Crippen LogP contribution >= 0.6 is 0 Å². The van der Waals surface area contributed by atoms with Gasteiger partial charge in [0.05, 0.1) is 6.54 Å². The first-order chi connectivity index (χ1) is 20.1. The van der Waals surface area contributed by atoms with Crippen LogP contribution in [-0.2, 0) is 36.1 Å². The van der Waals surface area contributed by atoms with Gasteiger partial charge in [0.1, 0.15) is 11.9 Å². The second kappa shape index (κ2) is 12.6. The fraction of sp³-hybridized carbons (Fsp3) is 0.417. The van der Waals surface area contributed by atoms with E-state index >= 15 is 0 Å². The second-order valence-electron chi connectivity index (χ2n) is 12.7. The maximum atomic E-state index is 13.0. The Morgan fingerprint density at radius 3 is 2.29 bits per heavy atom. The van der Waals surface area contributed by atoms with E-state index in [9.17, 15) is 14.7 Å². The topological polar surface area (TPSA) is 77.1 Å². The highest BCUT2D eigenvalue weighted by Crippen LogP contribution is 2.35. The average Bonchev–Trinajstić information content (AvgIpc) is 3.75. The van der Waals surface area contributed by atoms with Gasteiger partial charge in [0.15, 0.2) is 5.78 Å². The number of aliphatic hydroxyl groups is 1. The fourth-order valence-corrected chi connectivity index (χ4v) is 5.48. The maximum absolute atomic E-state index is 13.0. The van der Waals surface area contributed by atoms with Crippen molar-refractivity contribution in [3.63, 3.8) is 0 Å². The number of rotatable bonds is 12. The summed E-state index contributed by atoms with van der Waals surface area (Å²) >= 11 is 0. The van der Waals surface area contributed by atoms with E-state index < -0.39 is 6.10 Å². The number of aromatic nitrogens is 3. The number of hydrogen-bond acceptors (Lipinski definition) is 4. The van der Waals surface area contributed by atoms with Crippen LogP contribution in [0.1, 0.15) is 87.6 Å². The van der Waals surface area contributed by atoms with Crippen LogP contribution in [0.4, 0.5) is 0 Å². The Labute approximate surface area is 249 Å². The molecule has 0 saturated heterocycles. The minimum atomic E-state index is -1.05. The van der Waals surface area contributed by atoms with E-state index in [1.165, 1.54) is 11.1 Å². The molecule has 6 nitrogen and oxygen atoms in total. The lowest BCUT2D eigenvalue weighted by Gasteiger charge is -2.19. The van der Waals surface area contributed by atoms with E-state index in [0.29, 0.717) is 31.0 Å². The number of carbonyl (C=O) groups excluding carboxylic acids is 1. The van der Waals surface area contributed by atoms with Crippen LogP contribution in [-0.4, -0.2) is 25.2 Å². The highest BCUT2D eigenvalue weighted by Gasteiger charge is 2.28. The highest BCUT2D eigenvalue weighted by atomic mass is 16.3. The Morgan fingerprint density at radius 2 is 1.64 bits per heavy atom. The van der Waals surface area contributed by atoms with Gasteiger partial charge in [-0.15, -0.1) is 0 Å². The Bertz CT molecular complexity index is 1570. The van der Waals surface area contributed by atoms with Gasteiger partial charge in [-0.05, 0) is 83.4 Å². The lowest BCUT2D eigenvalue weighted by atomic mass is 9.87. The van der Waals surface area contributed by atoms with Gasteiger partial charge in [-0.3, -0.25) is 9.36 Å². The lowest BCUT2D eigenvalue weighted by molar-refractivity contribution is -0.127. The molecule has 3 aromatic carbocycles. The molecule has 1 atom stereocenters. The molecule has 0 aliphatic heterocycles. The van der Waals surface area contributed by atoms with Crippen molar-refractivity contribution in [2.75, 3.05) is 0 Å². The number of aliphatic hydroxyl groups excluding tert-OH is 1. The summed E-state index contributed by atoms with van der Waals surface area (Å²) in [5.74, 6) is 1.21. The summed E-state index contributed by atoms with van der Waals surface area (Å²) in [6.45, 7) is 9.65. The predicted molar refractivity (Wildman–Crippen MR) is 168 cm³/mol. The van der Waals surface area contributed by atoms with Crippen LogP contribution in [0.3, 0.4) is 0 Å². The van der Waals surface area contributed by atoms with E-state index in [1.54, 1.807) is 9.25 Å². The van der Waals surface area contributed by atoms with E-state index in [0.717, 1.165) is 54.6 Å². The molecule has 0 spiro atoms. The van der Waals surface area contributed by atoms with Gasteiger partial charge in [-0.1, -0.05) is 87.5 Å². The number of nitrogens with zero attached hydrogens (tertiary/aromatic N) is 3. The summed E-state index contributed by atoms with van der Waals surface area (Å²) in [6.07, 6.45) is 4.12. The van der Waals surface area contributed by atoms with Crippen molar-refractivity contribution >= 4 is 5.78 Å². The molecule has 1 aliphatic carbocycles. The number of aryl methyl sites for hydroxylation is 2. The minimum absolute atomic E-state index is 0.0571. The minimum Gasteiger partial charge on any atom is -0.381 e. The van der Waals surface area contributed by atoms with Gasteiger partial charge in [-0.2, -0.15) is 5.10 Å². The molecule has 0 bridgehead atoms. The maximum Gasteiger partial charge on any atom is 0.346 e. The summed E-state index contributed by atoms with van der Waals surface area (Å²) in [7, 11) is 0. The largest absolute Gasteiger partial charge is 0.381 e. The third-order valence-corrected chi connectivity index (χ3v) is 8.32. The molecular weight excluding hydrogens is 522 g/mol. The van der Waals surface area contributed by atoms with Gasteiger partial charge >= 0.3 is 5.69 Å². The third kappa shape index (κ3) is 7.16. The van der Waals surface area contributed by atoms with Crippen LogP contribution in [0.25, 0.3) is 11.1 Å². The molecule has 0 amide bonds. The van der Waals surface area contributed by atoms with Crippen molar-refractivity contribution in [3.05, 3.63) is 111 Å². The molecule has 4 aromatic rings. The second-order valence-corrected chi connectivity index (χ2v) is 12.7. The summed E-state index contributed by atoms with van der Waals surface area (Å²) < 4.78 is 3.37. The Hall–Kier alpha value is -3.77. The smallest absolute Gasteiger partial charge is 0.346 e. The van der Waals surface area contributed by atoms with E-state index in [2.05, 4.69) is 69.3 Å². The molecule has 1 fully saturated rings. The first-order valence-corrected chi connectivity index (χ1v) is 15.3. The number of benzene rings is 3. The van der Waals surface area contributed by atoms with Gasteiger partial charge in [0.2, 0.25) is 0 Å². The molecule has 1 heterocycles. The Morgan fingerprint density at radius 1 is 0.952 bits per heavy atom. The summed E-state index contributed by atoms with van der Waals surface area (Å²) in [5, 5.41) is 15.3. The zero-order chi connectivity index (χ0) is 29.9. The third-order valence-electron chi connectivity index (χ3n) is 8.32. The van der Waals surface area contributed by atoms with Crippen molar-refractivity contribution in [1.82, 2.24) is 14.3 Å². The van der Waals surface area contributed by atoms with Crippen LogP contribution in [0, 0.1) is 5.92 Å². The molecule has 1 saturated carbocycles. The van der Waals surface area contributed by atoms with Crippen LogP contribution in [0.5, 0.6) is 0 Å². The monoisotopic (exact) mass is 565 g/mol. The predicted octanol–water partition coefficient (Wildman–Crippen LogP) is 6.66. The molecule has 5 rings (SSSR count). The van der Waals surface area contributed by atoms with E-state index in [-0.39, 0.29) is 16.9 Å². The number of carbonyl (C=O) groups is 1. The summed E-state index contributed by atoms with van der Waals surface area (Å²) in [6, 6.07) is 24.6. The molecule has 1 unspecified atom stereocenters. The molecule has 42 heavy (non-hydrogen) atoms. The molecule has 1 aromatic heterocycles. The Balaban J connectivity index is 1.19. The van der Waals surface area contributed by atoms with Gasteiger partial charge in [0, 0.05) is 19.4 Å². The molecule has 6 heteroatoms. The van der Waals surface area contributed by atoms with Crippen molar-refractivity contribution in [2.24, 2.45) is 5.92 Å². The first kappa shape index (κ1) is 29.7. The molecule has 1 N–H and O–H groups in total. The van der Waals surface area contributed by atoms with Gasteiger partial charge in [-0.25, -0.2) is 9.48 Å². The quantitative estimate of drug-likeness (QED) is 0.209. The SMILES string of the molecule is CCn1c(CCCc2ccc(-c3cccc(C(O)C(=O)CC4CC4)c3)cc2)nn(Cc2ccc(C(C)(C)C)cc2)c1=O. The standard InChI is InChI=1S/C36H43N3O3/c1-5-38-33(37-39(35(38)42)24-27-16-20-31(21-17-27)36(2,3)4)11-6-8-25-14-18-28(19-15-25)29-9-7-10-30(23-29)34(41)32(40)22-26-12-13-26/h7,9-10,14-21,23,26,34,41H,5-6,8,11-13,22,24H2,1-4H3. The number of hydrogen-bond donors (Lipinski definition) is 1. The fourth-order valence-electron chi connectivity index (χ4n) is 5.48.